The van der Waals surface area contributed by atoms with E-state index in [0.717, 1.165) is 12.3 Å². The van der Waals surface area contributed by atoms with Gasteiger partial charge in [0.1, 0.15) is 0 Å². The van der Waals surface area contributed by atoms with Crippen molar-refractivity contribution in [3.63, 3.8) is 0 Å². The van der Waals surface area contributed by atoms with Crippen LogP contribution >= 0.6 is 11.8 Å². The van der Waals surface area contributed by atoms with Crippen LogP contribution in [0.3, 0.4) is 0 Å². The Morgan fingerprint density at radius 3 is 2.21 bits per heavy atom. The summed E-state index contributed by atoms with van der Waals surface area (Å²) in [4.78, 5) is 1.51. The summed E-state index contributed by atoms with van der Waals surface area (Å²) < 4.78 is 0. The molecule has 1 nitrogen and oxygen atoms in total. The van der Waals surface area contributed by atoms with Gasteiger partial charge < -0.3 is 27.6 Å². The summed E-state index contributed by atoms with van der Waals surface area (Å²) in [6, 6.07) is 14.3. The number of hydrogen-bond acceptors (Lipinski definition) is 1. The number of nitrogens with zero attached hydrogens (tertiary/aromatic N) is 1. The standard InChI is InChI=1S/C23H26NS.3CH3.Ti/c1-12-9-16-11-13(2)24-22(16)18(10-12)21-15(4)14(3)20-17-7-5-6-8-19(17)25-23(20)21;;;;/h5-10,13-15,20-21,23H,11H2,1-4H3;3*1H3;/q4*-1;+4. The number of thioether (sulfide) groups is 1. The third-order valence-electron chi connectivity index (χ3n) is 6.80. The second-order valence-electron chi connectivity index (χ2n) is 8.43. The van der Waals surface area contributed by atoms with Gasteiger partial charge >= 0.3 is 21.7 Å². The van der Waals surface area contributed by atoms with Gasteiger partial charge in [-0.1, -0.05) is 67.8 Å². The Balaban J connectivity index is 0.00000105. The summed E-state index contributed by atoms with van der Waals surface area (Å²) in [5.74, 6) is 2.73. The Bertz CT molecular complexity index is 849. The van der Waals surface area contributed by atoms with Gasteiger partial charge in [-0.25, -0.2) is 0 Å². The van der Waals surface area contributed by atoms with Crippen LogP contribution < -0.4 is 0 Å². The first-order chi connectivity index (χ1) is 12.0. The molecule has 2 heterocycles. The zero-order valence-electron chi connectivity index (χ0n) is 19.0. The average Bonchev–Trinajstić information content (AvgIpc) is 3.19. The molecule has 2 aromatic carbocycles. The minimum atomic E-state index is 0. The molecule has 0 amide bonds. The van der Waals surface area contributed by atoms with E-state index in [1.165, 1.54) is 27.3 Å². The molecule has 1 saturated carbocycles. The Hall–Kier alpha value is -0.696. The number of fused-ring (bicyclic) bond motifs is 4. The monoisotopic (exact) mass is 441 g/mol. The van der Waals surface area contributed by atoms with Crippen molar-refractivity contribution in [2.45, 2.75) is 62.1 Å². The van der Waals surface area contributed by atoms with Crippen molar-refractivity contribution >= 4 is 17.4 Å². The topological polar surface area (TPSA) is 14.1 Å². The van der Waals surface area contributed by atoms with Gasteiger partial charge in [0, 0.05) is 16.1 Å². The maximum atomic E-state index is 5.05. The Morgan fingerprint density at radius 1 is 0.897 bits per heavy atom. The molecule has 5 rings (SSSR count). The molecule has 0 spiro atoms. The second kappa shape index (κ2) is 9.62. The quantitative estimate of drug-likeness (QED) is 0.324. The van der Waals surface area contributed by atoms with Crippen molar-refractivity contribution < 1.29 is 21.7 Å². The normalized spacial score (nSPS) is 30.3. The number of rotatable bonds is 1. The molecule has 0 bridgehead atoms. The number of aryl methyl sites for hydroxylation is 1. The molecular weight excluding hydrogens is 406 g/mol. The molecule has 0 saturated heterocycles. The third-order valence-corrected chi connectivity index (χ3v) is 8.28. The zero-order chi connectivity index (χ0) is 17.3. The van der Waals surface area contributed by atoms with Crippen LogP contribution in [0.15, 0.2) is 41.3 Å². The molecule has 1 fully saturated rings. The van der Waals surface area contributed by atoms with Gasteiger partial charge in [-0.2, -0.15) is 0 Å². The Kier molecular flexibility index (Phi) is 8.74. The smallest absolute Gasteiger partial charge is 0.681 e. The molecule has 0 N–H and O–H groups in total. The summed E-state index contributed by atoms with van der Waals surface area (Å²) in [6.45, 7) is 9.46. The predicted octanol–water partition coefficient (Wildman–Crippen LogP) is 7.92. The maximum absolute atomic E-state index is 5.05. The largest absolute Gasteiger partial charge is 4.00 e. The van der Waals surface area contributed by atoms with E-state index in [0.29, 0.717) is 29.0 Å². The van der Waals surface area contributed by atoms with E-state index in [1.54, 1.807) is 5.56 Å². The van der Waals surface area contributed by atoms with Crippen molar-refractivity contribution in [1.29, 1.82) is 0 Å². The Morgan fingerprint density at radius 2 is 1.52 bits per heavy atom. The molecule has 1 aliphatic carbocycles. The number of hydrogen-bond donors (Lipinski definition) is 0. The van der Waals surface area contributed by atoms with Crippen molar-refractivity contribution in [2.75, 3.05) is 0 Å². The fraction of sp³-hybridized carbons (Fsp3) is 0.423. The van der Waals surface area contributed by atoms with Crippen LogP contribution in [-0.2, 0) is 28.1 Å². The molecule has 154 valence electrons. The number of benzene rings is 2. The summed E-state index contributed by atoms with van der Waals surface area (Å²) in [6.07, 6.45) is 1.11. The van der Waals surface area contributed by atoms with Crippen molar-refractivity contribution in [2.24, 2.45) is 11.8 Å². The minimum absolute atomic E-state index is 0. The van der Waals surface area contributed by atoms with Crippen LogP contribution in [0.5, 0.6) is 0 Å². The van der Waals surface area contributed by atoms with E-state index in [9.17, 15) is 0 Å². The van der Waals surface area contributed by atoms with Gasteiger partial charge in [0.2, 0.25) is 0 Å². The molecule has 6 unspecified atom stereocenters. The van der Waals surface area contributed by atoms with Crippen molar-refractivity contribution in [3.8, 4) is 0 Å². The minimum Gasteiger partial charge on any atom is -0.681 e. The summed E-state index contributed by atoms with van der Waals surface area (Å²) >= 11 is 2.13. The second-order valence-corrected chi connectivity index (χ2v) is 9.65. The zero-order valence-corrected chi connectivity index (χ0v) is 21.4. The first-order valence-electron chi connectivity index (χ1n) is 9.64. The molecule has 3 heteroatoms. The van der Waals surface area contributed by atoms with E-state index >= 15 is 0 Å². The molecule has 0 aromatic heterocycles. The third kappa shape index (κ3) is 3.98. The first-order valence-corrected chi connectivity index (χ1v) is 10.5. The summed E-state index contributed by atoms with van der Waals surface area (Å²) in [5, 5.41) is 5.72. The van der Waals surface area contributed by atoms with Gasteiger partial charge in [0.15, 0.2) is 0 Å². The maximum Gasteiger partial charge on any atom is 4.00 e. The van der Waals surface area contributed by atoms with Crippen LogP contribution in [0.4, 0.5) is 5.69 Å². The average molecular weight is 442 g/mol. The molecule has 2 aromatic rings. The van der Waals surface area contributed by atoms with Gasteiger partial charge in [-0.3, -0.25) is 0 Å². The van der Waals surface area contributed by atoms with E-state index in [1.807, 2.05) is 0 Å². The fourth-order valence-corrected chi connectivity index (χ4v) is 7.46. The van der Waals surface area contributed by atoms with E-state index in [-0.39, 0.29) is 44.0 Å². The predicted molar refractivity (Wildman–Crippen MR) is 127 cm³/mol. The molecule has 3 aliphatic rings. The van der Waals surface area contributed by atoms with Crippen LogP contribution in [0.25, 0.3) is 5.32 Å². The molecular formula is C26H35NSTi. The van der Waals surface area contributed by atoms with E-state index in [4.69, 9.17) is 5.32 Å². The molecule has 29 heavy (non-hydrogen) atoms. The van der Waals surface area contributed by atoms with Gasteiger partial charge in [-0.05, 0) is 42.7 Å². The first kappa shape index (κ1) is 26.3. The molecule has 2 aliphatic heterocycles. The van der Waals surface area contributed by atoms with Gasteiger partial charge in [-0.15, -0.1) is 23.5 Å². The summed E-state index contributed by atoms with van der Waals surface area (Å²) in [5.41, 5.74) is 7.34. The Labute approximate surface area is 198 Å². The fourth-order valence-electron chi connectivity index (χ4n) is 5.59. The SMILES string of the molecule is Cc1cc2c(c(C3C(C)C(C)C4c5ccccc5SC43)c1)[N-]C(C)C2.[CH3-].[CH3-].[CH3-].[Ti+4]. The van der Waals surface area contributed by atoms with Crippen molar-refractivity contribution in [3.05, 3.63) is 86.2 Å². The van der Waals surface area contributed by atoms with Gasteiger partial charge in [0.05, 0.1) is 0 Å². The van der Waals surface area contributed by atoms with Crippen LogP contribution in [0.2, 0.25) is 0 Å². The van der Waals surface area contributed by atoms with Crippen LogP contribution in [-0.4, -0.2) is 11.3 Å². The van der Waals surface area contributed by atoms with Crippen molar-refractivity contribution in [1.82, 2.24) is 0 Å². The van der Waals surface area contributed by atoms with Crippen LogP contribution in [0, 0.1) is 41.0 Å². The van der Waals surface area contributed by atoms with Crippen LogP contribution in [0.1, 0.15) is 54.9 Å². The molecule has 6 atom stereocenters. The van der Waals surface area contributed by atoms with E-state index < -0.39 is 0 Å². The van der Waals surface area contributed by atoms with Gasteiger partial charge in [0.25, 0.3) is 0 Å². The molecule has 0 radical (unpaired) electrons. The van der Waals surface area contributed by atoms with E-state index in [2.05, 4.69) is 75.9 Å². The summed E-state index contributed by atoms with van der Waals surface area (Å²) in [7, 11) is 0.